The van der Waals surface area contributed by atoms with Crippen LogP contribution in [0.2, 0.25) is 0 Å². The van der Waals surface area contributed by atoms with Gasteiger partial charge in [0.2, 0.25) is 10.9 Å². The maximum absolute atomic E-state index is 14.9. The zero-order valence-electron chi connectivity index (χ0n) is 14.7. The first-order valence-corrected chi connectivity index (χ1v) is 9.62. The fourth-order valence-electron chi connectivity index (χ4n) is 3.76. The van der Waals surface area contributed by atoms with E-state index in [1.807, 2.05) is 20.2 Å². The molecule has 0 amide bonds. The van der Waals surface area contributed by atoms with Crippen LogP contribution in [0.1, 0.15) is 30.0 Å². The van der Waals surface area contributed by atoms with Crippen molar-refractivity contribution in [2.24, 2.45) is 7.05 Å². The molecular weight excluding hydrogens is 351 g/mol. The van der Waals surface area contributed by atoms with Gasteiger partial charge in [-0.05, 0) is 50.6 Å². The molecule has 0 atom stereocenters. The first kappa shape index (κ1) is 15.9. The maximum atomic E-state index is 14.9. The Labute approximate surface area is 153 Å². The summed E-state index contributed by atoms with van der Waals surface area (Å²) in [6.45, 7) is 3.87. The Hall–Kier alpha value is -2.32. The number of imidazole rings is 1. The van der Waals surface area contributed by atoms with Gasteiger partial charge in [0, 0.05) is 30.1 Å². The van der Waals surface area contributed by atoms with Crippen LogP contribution in [0.3, 0.4) is 0 Å². The summed E-state index contributed by atoms with van der Waals surface area (Å²) >= 11 is 1.43. The van der Waals surface area contributed by atoms with Gasteiger partial charge in [0.15, 0.2) is 0 Å². The fourth-order valence-corrected chi connectivity index (χ4v) is 4.65. The van der Waals surface area contributed by atoms with Crippen LogP contribution in [0.15, 0.2) is 18.3 Å². The van der Waals surface area contributed by atoms with E-state index in [4.69, 9.17) is 0 Å². The number of piperidine rings is 1. The number of halogens is 1. The predicted octanol–water partition coefficient (Wildman–Crippen LogP) is 3.26. The number of fused-ring (bicyclic) bond motifs is 2. The number of hydrogen-bond donors (Lipinski definition) is 1. The monoisotopic (exact) mass is 370 g/mol. The number of nitrogens with one attached hydrogen (secondary N) is 1. The summed E-state index contributed by atoms with van der Waals surface area (Å²) in [5, 5.41) is 14.1. The van der Waals surface area contributed by atoms with Crippen LogP contribution < -0.4 is 5.32 Å². The summed E-state index contributed by atoms with van der Waals surface area (Å²) in [6, 6.07) is 4.11. The van der Waals surface area contributed by atoms with E-state index < -0.39 is 0 Å². The number of rotatable bonds is 2. The van der Waals surface area contributed by atoms with Crippen molar-refractivity contribution >= 4 is 27.2 Å². The van der Waals surface area contributed by atoms with Crippen molar-refractivity contribution < 1.29 is 4.39 Å². The number of nitrogens with zero attached hydrogens (tertiary/aromatic N) is 5. The standard InChI is InChI=1S/C18H19FN6S/c1-10-7-12(8-13-9-24(2)22-14(10)13)17-23-25-16(19)15(21-18(25)26-17)11-3-5-20-6-4-11/h7-9,11,20H,3-6H2,1-2H3. The smallest absolute Gasteiger partial charge is 0.238 e. The van der Waals surface area contributed by atoms with Crippen LogP contribution in [0, 0.1) is 12.9 Å². The average molecular weight is 370 g/mol. The minimum Gasteiger partial charge on any atom is -0.317 e. The highest BCUT2D eigenvalue weighted by molar-refractivity contribution is 7.19. The van der Waals surface area contributed by atoms with E-state index in [0.29, 0.717) is 10.7 Å². The molecule has 4 aromatic rings. The number of hydrogen-bond acceptors (Lipinski definition) is 5. The molecular formula is C18H19FN6S. The molecule has 5 rings (SSSR count). The molecule has 1 saturated heterocycles. The Kier molecular flexibility index (Phi) is 3.58. The van der Waals surface area contributed by atoms with E-state index in [2.05, 4.69) is 32.6 Å². The molecule has 8 heteroatoms. The van der Waals surface area contributed by atoms with E-state index in [1.165, 1.54) is 15.9 Å². The summed E-state index contributed by atoms with van der Waals surface area (Å²) in [4.78, 5) is 5.19. The fraction of sp³-hybridized carbons (Fsp3) is 0.389. The van der Waals surface area contributed by atoms with Crippen molar-refractivity contribution in [2.75, 3.05) is 13.1 Å². The van der Waals surface area contributed by atoms with Gasteiger partial charge in [0.05, 0.1) is 5.52 Å². The van der Waals surface area contributed by atoms with Crippen molar-refractivity contribution in [1.29, 1.82) is 0 Å². The molecule has 1 aromatic carbocycles. The number of aryl methyl sites for hydroxylation is 2. The zero-order valence-corrected chi connectivity index (χ0v) is 15.5. The van der Waals surface area contributed by atoms with Gasteiger partial charge in [-0.15, -0.1) is 0 Å². The molecule has 1 aliphatic heterocycles. The third kappa shape index (κ3) is 2.44. The first-order chi connectivity index (χ1) is 12.6. The second kappa shape index (κ2) is 5.85. The molecule has 4 heterocycles. The highest BCUT2D eigenvalue weighted by atomic mass is 32.1. The van der Waals surface area contributed by atoms with E-state index in [9.17, 15) is 4.39 Å². The Morgan fingerprint density at radius 2 is 2.04 bits per heavy atom. The van der Waals surface area contributed by atoms with Gasteiger partial charge >= 0.3 is 0 Å². The van der Waals surface area contributed by atoms with E-state index in [1.54, 1.807) is 4.68 Å². The minimum atomic E-state index is -0.312. The van der Waals surface area contributed by atoms with Crippen LogP contribution in [-0.4, -0.2) is 37.5 Å². The van der Waals surface area contributed by atoms with Crippen molar-refractivity contribution in [3.8, 4) is 10.6 Å². The molecule has 6 nitrogen and oxygen atoms in total. The highest BCUT2D eigenvalue weighted by Crippen LogP contribution is 2.33. The van der Waals surface area contributed by atoms with Gasteiger partial charge in [-0.2, -0.15) is 19.1 Å². The number of aromatic nitrogens is 5. The topological polar surface area (TPSA) is 60.0 Å². The largest absolute Gasteiger partial charge is 0.317 e. The third-order valence-corrected chi connectivity index (χ3v) is 6.02. The van der Waals surface area contributed by atoms with Gasteiger partial charge in [-0.1, -0.05) is 11.3 Å². The van der Waals surface area contributed by atoms with Gasteiger partial charge in [0.1, 0.15) is 10.7 Å². The Morgan fingerprint density at radius 3 is 2.81 bits per heavy atom. The molecule has 134 valence electrons. The van der Waals surface area contributed by atoms with E-state index >= 15 is 0 Å². The van der Waals surface area contributed by atoms with Crippen LogP contribution in [0.4, 0.5) is 4.39 Å². The van der Waals surface area contributed by atoms with Crippen molar-refractivity contribution in [3.63, 3.8) is 0 Å². The lowest BCUT2D eigenvalue weighted by atomic mass is 9.95. The molecule has 0 bridgehead atoms. The van der Waals surface area contributed by atoms with Crippen LogP contribution >= 0.6 is 11.3 Å². The Balaban J connectivity index is 1.58. The molecule has 26 heavy (non-hydrogen) atoms. The lowest BCUT2D eigenvalue weighted by Gasteiger charge is -2.20. The molecule has 3 aromatic heterocycles. The van der Waals surface area contributed by atoms with Crippen LogP contribution in [-0.2, 0) is 7.05 Å². The summed E-state index contributed by atoms with van der Waals surface area (Å²) < 4.78 is 18.1. The van der Waals surface area contributed by atoms with Crippen molar-refractivity contribution in [1.82, 2.24) is 29.7 Å². The molecule has 0 spiro atoms. The lowest BCUT2D eigenvalue weighted by molar-refractivity contribution is 0.430. The summed E-state index contributed by atoms with van der Waals surface area (Å²) in [7, 11) is 1.91. The normalized spacial score (nSPS) is 16.1. The molecule has 1 N–H and O–H groups in total. The van der Waals surface area contributed by atoms with E-state index in [-0.39, 0.29) is 11.9 Å². The summed E-state index contributed by atoms with van der Waals surface area (Å²) in [5.74, 6) is -0.129. The van der Waals surface area contributed by atoms with Crippen molar-refractivity contribution in [2.45, 2.75) is 25.7 Å². The molecule has 0 radical (unpaired) electrons. The molecule has 0 unspecified atom stereocenters. The molecule has 0 saturated carbocycles. The highest BCUT2D eigenvalue weighted by Gasteiger charge is 2.25. The predicted molar refractivity (Wildman–Crippen MR) is 100 cm³/mol. The summed E-state index contributed by atoms with van der Waals surface area (Å²) in [6.07, 6.45) is 3.83. The number of benzene rings is 1. The first-order valence-electron chi connectivity index (χ1n) is 8.80. The van der Waals surface area contributed by atoms with Gasteiger partial charge in [0.25, 0.3) is 0 Å². The SMILES string of the molecule is Cc1cc(-c2nn3c(F)c(C4CCNCC4)nc3s2)cc2cn(C)nc12. The maximum Gasteiger partial charge on any atom is 0.238 e. The average Bonchev–Trinajstić information content (AvgIpc) is 3.30. The summed E-state index contributed by atoms with van der Waals surface area (Å²) in [5.41, 5.74) is 3.61. The molecule has 1 aliphatic rings. The van der Waals surface area contributed by atoms with Gasteiger partial charge < -0.3 is 5.32 Å². The van der Waals surface area contributed by atoms with Gasteiger partial charge in [-0.3, -0.25) is 4.68 Å². The molecule has 1 fully saturated rings. The lowest BCUT2D eigenvalue weighted by Crippen LogP contribution is -2.27. The van der Waals surface area contributed by atoms with Crippen LogP contribution in [0.25, 0.3) is 26.4 Å². The second-order valence-electron chi connectivity index (χ2n) is 6.95. The molecule has 0 aliphatic carbocycles. The third-order valence-electron chi connectivity index (χ3n) is 5.06. The van der Waals surface area contributed by atoms with Gasteiger partial charge in [-0.25, -0.2) is 4.98 Å². The van der Waals surface area contributed by atoms with Crippen molar-refractivity contribution in [3.05, 3.63) is 35.5 Å². The van der Waals surface area contributed by atoms with Crippen LogP contribution in [0.5, 0.6) is 0 Å². The second-order valence-corrected chi connectivity index (χ2v) is 7.90. The van der Waals surface area contributed by atoms with E-state index in [0.717, 1.165) is 53.0 Å². The zero-order chi connectivity index (χ0) is 17.8. The minimum absolute atomic E-state index is 0.183. The Morgan fingerprint density at radius 1 is 1.23 bits per heavy atom. The quantitative estimate of drug-likeness (QED) is 0.588. The Bertz CT molecular complexity index is 1120.